The molecule has 3 aromatic rings. The fourth-order valence-electron chi connectivity index (χ4n) is 2.59. The first-order valence-electron chi connectivity index (χ1n) is 6.79. The van der Waals surface area contributed by atoms with E-state index in [1.54, 1.807) is 12.1 Å². The maximum atomic E-state index is 12.0. The van der Waals surface area contributed by atoms with E-state index in [4.69, 9.17) is 23.2 Å². The molecule has 0 unspecified atom stereocenters. The van der Waals surface area contributed by atoms with Crippen LogP contribution in [0.2, 0.25) is 0 Å². The Morgan fingerprint density at radius 2 is 1.55 bits per heavy atom. The van der Waals surface area contributed by atoms with Crippen molar-refractivity contribution in [3.05, 3.63) is 59.7 Å². The largest absolute Gasteiger partial charge is 0.293 e. The molecule has 4 heteroatoms. The lowest BCUT2D eigenvalue weighted by atomic mass is 9.96. The van der Waals surface area contributed by atoms with Gasteiger partial charge in [-0.25, -0.2) is 0 Å². The fourth-order valence-corrected chi connectivity index (χ4v) is 2.89. The van der Waals surface area contributed by atoms with Crippen LogP contribution in [0.5, 0.6) is 0 Å². The minimum atomic E-state index is -0.102. The van der Waals surface area contributed by atoms with E-state index in [1.807, 2.05) is 36.4 Å². The number of halogens is 2. The van der Waals surface area contributed by atoms with Gasteiger partial charge in [-0.05, 0) is 39.7 Å². The zero-order chi connectivity index (χ0) is 15.7. The molecule has 0 aromatic heterocycles. The number of alkyl halides is 2. The van der Waals surface area contributed by atoms with Crippen molar-refractivity contribution in [1.82, 2.24) is 0 Å². The van der Waals surface area contributed by atoms with Gasteiger partial charge in [0.1, 0.15) is 0 Å². The number of rotatable bonds is 4. The molecule has 0 fully saturated rings. The fraction of sp³-hybridized carbons (Fsp3) is 0.111. The van der Waals surface area contributed by atoms with Crippen LogP contribution in [0.25, 0.3) is 21.5 Å². The lowest BCUT2D eigenvalue weighted by Gasteiger charge is -2.08. The van der Waals surface area contributed by atoms with Gasteiger partial charge in [-0.1, -0.05) is 30.3 Å². The molecule has 110 valence electrons. The molecule has 0 radical (unpaired) electrons. The summed E-state index contributed by atoms with van der Waals surface area (Å²) in [5.41, 5.74) is 1.21. The van der Waals surface area contributed by atoms with Gasteiger partial charge in [0.25, 0.3) is 0 Å². The van der Waals surface area contributed by atoms with Gasteiger partial charge >= 0.3 is 0 Å². The molecule has 22 heavy (non-hydrogen) atoms. The maximum absolute atomic E-state index is 12.0. The summed E-state index contributed by atoms with van der Waals surface area (Å²) in [6.07, 6.45) is 0. The normalized spacial score (nSPS) is 11.0. The van der Waals surface area contributed by atoms with Crippen molar-refractivity contribution >= 4 is 56.3 Å². The molecule has 0 atom stereocenters. The van der Waals surface area contributed by atoms with Crippen LogP contribution >= 0.6 is 23.2 Å². The van der Waals surface area contributed by atoms with Crippen LogP contribution in [0.3, 0.4) is 0 Å². The molecule has 0 aliphatic rings. The van der Waals surface area contributed by atoms with Crippen LogP contribution in [0, 0.1) is 0 Å². The van der Waals surface area contributed by atoms with Crippen molar-refractivity contribution < 1.29 is 9.59 Å². The topological polar surface area (TPSA) is 34.1 Å². The Balaban J connectivity index is 2.26. The molecular weight excluding hydrogens is 319 g/mol. The molecule has 0 spiro atoms. The Bertz CT molecular complexity index is 899. The molecule has 0 saturated heterocycles. The summed E-state index contributed by atoms with van der Waals surface area (Å²) < 4.78 is 0. The predicted molar refractivity (Wildman–Crippen MR) is 91.6 cm³/mol. The third kappa shape index (κ3) is 2.60. The van der Waals surface area contributed by atoms with E-state index in [0.717, 1.165) is 21.5 Å². The van der Waals surface area contributed by atoms with E-state index >= 15 is 0 Å². The first kappa shape index (κ1) is 15.0. The molecule has 0 bridgehead atoms. The first-order chi connectivity index (χ1) is 10.6. The molecule has 0 heterocycles. The molecule has 3 rings (SSSR count). The summed E-state index contributed by atoms with van der Waals surface area (Å²) in [5.74, 6) is -0.274. The van der Waals surface area contributed by atoms with Crippen molar-refractivity contribution in [2.45, 2.75) is 0 Å². The van der Waals surface area contributed by atoms with Crippen molar-refractivity contribution in [2.24, 2.45) is 0 Å². The third-order valence-corrected chi connectivity index (χ3v) is 4.19. The molecule has 0 aliphatic heterocycles. The highest BCUT2D eigenvalue weighted by Gasteiger charge is 2.11. The maximum Gasteiger partial charge on any atom is 0.178 e. The molecule has 2 nitrogen and oxygen atoms in total. The first-order valence-corrected chi connectivity index (χ1v) is 7.86. The number of fused-ring (bicyclic) bond motifs is 2. The van der Waals surface area contributed by atoms with E-state index < -0.39 is 0 Å². The van der Waals surface area contributed by atoms with Crippen molar-refractivity contribution in [3.8, 4) is 0 Å². The van der Waals surface area contributed by atoms with Gasteiger partial charge in [-0.15, -0.1) is 23.2 Å². The van der Waals surface area contributed by atoms with Crippen LogP contribution in [-0.4, -0.2) is 23.3 Å². The average molecular weight is 331 g/mol. The van der Waals surface area contributed by atoms with E-state index in [9.17, 15) is 9.59 Å². The Morgan fingerprint density at radius 3 is 2.27 bits per heavy atom. The Labute approximate surface area is 137 Å². The summed E-state index contributed by atoms with van der Waals surface area (Å²) in [6.45, 7) is 0. The van der Waals surface area contributed by atoms with Gasteiger partial charge in [-0.2, -0.15) is 0 Å². The van der Waals surface area contributed by atoms with Crippen LogP contribution in [0.15, 0.2) is 48.5 Å². The Morgan fingerprint density at radius 1 is 0.773 bits per heavy atom. The molecule has 0 amide bonds. The van der Waals surface area contributed by atoms with E-state index in [2.05, 4.69) is 0 Å². The highest BCUT2D eigenvalue weighted by Crippen LogP contribution is 2.27. The van der Waals surface area contributed by atoms with Crippen LogP contribution < -0.4 is 0 Å². The minimum absolute atomic E-state index is 0.0343. The Kier molecular flexibility index (Phi) is 4.14. The summed E-state index contributed by atoms with van der Waals surface area (Å²) in [7, 11) is 0. The van der Waals surface area contributed by atoms with E-state index in [1.165, 1.54) is 0 Å². The minimum Gasteiger partial charge on any atom is -0.293 e. The second-order valence-corrected chi connectivity index (χ2v) is 5.59. The van der Waals surface area contributed by atoms with Crippen LogP contribution in [0.4, 0.5) is 0 Å². The highest BCUT2D eigenvalue weighted by atomic mass is 35.5. The molecule has 3 aromatic carbocycles. The van der Waals surface area contributed by atoms with Gasteiger partial charge in [0.2, 0.25) is 0 Å². The van der Waals surface area contributed by atoms with Crippen LogP contribution in [0.1, 0.15) is 20.7 Å². The quantitative estimate of drug-likeness (QED) is 0.390. The summed E-state index contributed by atoms with van der Waals surface area (Å²) in [5, 5.41) is 3.73. The monoisotopic (exact) mass is 330 g/mol. The van der Waals surface area contributed by atoms with E-state index in [-0.39, 0.29) is 23.3 Å². The number of benzene rings is 3. The van der Waals surface area contributed by atoms with E-state index in [0.29, 0.717) is 11.1 Å². The van der Waals surface area contributed by atoms with Crippen molar-refractivity contribution in [3.63, 3.8) is 0 Å². The van der Waals surface area contributed by atoms with Crippen LogP contribution in [-0.2, 0) is 0 Å². The van der Waals surface area contributed by atoms with Crippen molar-refractivity contribution in [1.29, 1.82) is 0 Å². The highest BCUT2D eigenvalue weighted by molar-refractivity contribution is 6.32. The second-order valence-electron chi connectivity index (χ2n) is 5.05. The summed E-state index contributed by atoms with van der Waals surface area (Å²) in [4.78, 5) is 23.7. The van der Waals surface area contributed by atoms with Gasteiger partial charge in [0, 0.05) is 11.1 Å². The zero-order valence-corrected chi connectivity index (χ0v) is 13.1. The number of hydrogen-bond donors (Lipinski definition) is 0. The molecular formula is C18H12Cl2O2. The molecule has 0 N–H and O–H groups in total. The lowest BCUT2D eigenvalue weighted by molar-refractivity contribution is 0.101. The van der Waals surface area contributed by atoms with Gasteiger partial charge in [0.15, 0.2) is 11.6 Å². The smallest absolute Gasteiger partial charge is 0.178 e. The number of Topliss-reactive ketones (excluding diaryl/α,β-unsaturated/α-hetero) is 2. The van der Waals surface area contributed by atoms with Gasteiger partial charge < -0.3 is 0 Å². The Hall–Kier alpha value is -1.90. The van der Waals surface area contributed by atoms with Gasteiger partial charge in [-0.3, -0.25) is 9.59 Å². The average Bonchev–Trinajstić information content (AvgIpc) is 2.57. The molecule has 0 saturated carbocycles. The third-order valence-electron chi connectivity index (χ3n) is 3.70. The zero-order valence-electron chi connectivity index (χ0n) is 11.6. The second kappa shape index (κ2) is 6.07. The lowest BCUT2D eigenvalue weighted by Crippen LogP contribution is -2.01. The standard InChI is InChI=1S/C18H12Cl2O2/c19-9-17(21)13-5-4-11-8-16-12(6-14(11)7-13)2-1-3-15(16)18(22)10-20/h1-8H,9-10H2. The summed E-state index contributed by atoms with van der Waals surface area (Å²) >= 11 is 11.3. The number of ketones is 2. The number of carbonyl (C=O) groups excluding carboxylic acids is 2. The predicted octanol–water partition coefficient (Wildman–Crippen LogP) is 4.84. The SMILES string of the molecule is O=C(CCl)c1ccc2cc3c(C(=O)CCl)cccc3cc2c1. The number of carbonyl (C=O) groups is 2. The number of hydrogen-bond acceptors (Lipinski definition) is 2. The summed E-state index contributed by atoms with van der Waals surface area (Å²) in [6, 6.07) is 14.9. The molecule has 0 aliphatic carbocycles. The van der Waals surface area contributed by atoms with Crippen molar-refractivity contribution in [2.75, 3.05) is 11.8 Å². The van der Waals surface area contributed by atoms with Gasteiger partial charge in [0.05, 0.1) is 11.8 Å².